The summed E-state index contributed by atoms with van der Waals surface area (Å²) in [6, 6.07) is 8.52. The Morgan fingerprint density at radius 1 is 1.05 bits per heavy atom. The lowest BCUT2D eigenvalue weighted by atomic mass is 10.1. The second kappa shape index (κ2) is 8.67. The highest BCUT2D eigenvalue weighted by atomic mass is 15.2. The topological polar surface area (TPSA) is 48.5 Å². The first-order valence-electron chi connectivity index (χ1n) is 7.72. The molecule has 21 heavy (non-hydrogen) atoms. The van der Waals surface area contributed by atoms with E-state index in [9.17, 15) is 0 Å². The van der Waals surface area contributed by atoms with Gasteiger partial charge in [-0.1, -0.05) is 31.2 Å². The summed E-state index contributed by atoms with van der Waals surface area (Å²) in [5, 5.41) is 10.1. The first-order valence-corrected chi connectivity index (χ1v) is 7.72. The van der Waals surface area contributed by atoms with Crippen LogP contribution >= 0.6 is 0 Å². The Balaban J connectivity index is 2.38. The van der Waals surface area contributed by atoms with Crippen LogP contribution in [-0.4, -0.2) is 31.6 Å². The molecule has 0 amide bonds. The second-order valence-electron chi connectivity index (χ2n) is 6.15. The Morgan fingerprint density at radius 3 is 2.29 bits per heavy atom. The molecule has 0 fully saturated rings. The van der Waals surface area contributed by atoms with Crippen LogP contribution in [0.15, 0.2) is 29.3 Å². The zero-order chi connectivity index (χ0) is 15.7. The quantitative estimate of drug-likeness (QED) is 0.428. The van der Waals surface area contributed by atoms with Crippen LogP contribution in [-0.2, 0) is 13.0 Å². The summed E-state index contributed by atoms with van der Waals surface area (Å²) in [6.07, 6.45) is 1.05. The van der Waals surface area contributed by atoms with Crippen LogP contribution in [0.4, 0.5) is 0 Å². The largest absolute Gasteiger partial charge is 0.355 e. The van der Waals surface area contributed by atoms with Gasteiger partial charge in [-0.15, -0.1) is 0 Å². The molecule has 1 rings (SSSR count). The summed E-state index contributed by atoms with van der Waals surface area (Å²) in [5.41, 5.74) is 2.87. The van der Waals surface area contributed by atoms with Crippen molar-refractivity contribution in [3.63, 3.8) is 0 Å². The maximum absolute atomic E-state index is 4.26. The Kier molecular flexibility index (Phi) is 7.23. The maximum atomic E-state index is 4.26. The molecule has 0 aromatic heterocycles. The van der Waals surface area contributed by atoms with Crippen molar-refractivity contribution in [3.05, 3.63) is 35.4 Å². The third kappa shape index (κ3) is 7.14. The van der Waals surface area contributed by atoms with Crippen molar-refractivity contribution in [2.24, 2.45) is 4.99 Å². The van der Waals surface area contributed by atoms with Gasteiger partial charge in [0.1, 0.15) is 0 Å². The number of aliphatic imine (C=N–C) groups is 1. The number of nitrogens with one attached hydrogen (secondary N) is 3. The van der Waals surface area contributed by atoms with E-state index in [4.69, 9.17) is 0 Å². The molecule has 0 atom stereocenters. The third-order valence-corrected chi connectivity index (χ3v) is 3.24. The van der Waals surface area contributed by atoms with E-state index in [0.717, 1.165) is 32.0 Å². The fraction of sp³-hybridized carbons (Fsp3) is 0.588. The molecular weight excluding hydrogens is 260 g/mol. The molecule has 0 aliphatic rings. The van der Waals surface area contributed by atoms with Crippen molar-refractivity contribution in [3.8, 4) is 0 Å². The minimum absolute atomic E-state index is 0.151. The molecule has 0 unspecified atom stereocenters. The number of rotatable bonds is 6. The van der Waals surface area contributed by atoms with Gasteiger partial charge < -0.3 is 16.0 Å². The predicted molar refractivity (Wildman–Crippen MR) is 91.8 cm³/mol. The average Bonchev–Trinajstić information content (AvgIpc) is 2.45. The molecule has 0 aliphatic heterocycles. The molecular formula is C17H30N4. The third-order valence-electron chi connectivity index (χ3n) is 3.24. The van der Waals surface area contributed by atoms with Crippen LogP contribution < -0.4 is 16.0 Å². The molecule has 0 bridgehead atoms. The lowest BCUT2D eigenvalue weighted by Gasteiger charge is -2.21. The zero-order valence-corrected chi connectivity index (χ0v) is 14.1. The van der Waals surface area contributed by atoms with Gasteiger partial charge in [-0.2, -0.15) is 0 Å². The fourth-order valence-corrected chi connectivity index (χ4v) is 2.09. The SMILES string of the molecule is CCc1ccccc1CNC(=NC)NCCNC(C)(C)C. The maximum Gasteiger partial charge on any atom is 0.191 e. The van der Waals surface area contributed by atoms with E-state index in [1.165, 1.54) is 11.1 Å². The number of aryl methyl sites for hydroxylation is 1. The van der Waals surface area contributed by atoms with Gasteiger partial charge in [0.15, 0.2) is 5.96 Å². The fourth-order valence-electron chi connectivity index (χ4n) is 2.09. The molecule has 0 saturated carbocycles. The van der Waals surface area contributed by atoms with Crippen LogP contribution in [0.25, 0.3) is 0 Å². The summed E-state index contributed by atoms with van der Waals surface area (Å²) >= 11 is 0. The first kappa shape index (κ1) is 17.5. The van der Waals surface area contributed by atoms with Crippen molar-refractivity contribution in [1.82, 2.24) is 16.0 Å². The molecule has 1 aromatic rings. The summed E-state index contributed by atoms with van der Waals surface area (Å²) in [5.74, 6) is 0.844. The highest BCUT2D eigenvalue weighted by Gasteiger charge is 2.07. The van der Waals surface area contributed by atoms with Gasteiger partial charge in [0.25, 0.3) is 0 Å². The van der Waals surface area contributed by atoms with Gasteiger partial charge in [-0.25, -0.2) is 0 Å². The highest BCUT2D eigenvalue weighted by Crippen LogP contribution is 2.08. The van der Waals surface area contributed by atoms with Gasteiger partial charge in [0.05, 0.1) is 0 Å². The number of nitrogens with zero attached hydrogens (tertiary/aromatic N) is 1. The summed E-state index contributed by atoms with van der Waals surface area (Å²) < 4.78 is 0. The Morgan fingerprint density at radius 2 is 1.71 bits per heavy atom. The number of hydrogen-bond acceptors (Lipinski definition) is 2. The van der Waals surface area contributed by atoms with E-state index in [2.05, 4.69) is 72.9 Å². The standard InChI is InChI=1S/C17H30N4/c1-6-14-9-7-8-10-15(14)13-20-16(18-5)19-11-12-21-17(2,3)4/h7-10,21H,6,11-13H2,1-5H3,(H2,18,19,20). The van der Waals surface area contributed by atoms with Crippen molar-refractivity contribution < 1.29 is 0 Å². The van der Waals surface area contributed by atoms with Crippen molar-refractivity contribution >= 4 is 5.96 Å². The van der Waals surface area contributed by atoms with Gasteiger partial charge in [0.2, 0.25) is 0 Å². The highest BCUT2D eigenvalue weighted by molar-refractivity contribution is 5.79. The average molecular weight is 290 g/mol. The minimum Gasteiger partial charge on any atom is -0.355 e. The molecule has 0 heterocycles. The number of benzene rings is 1. The first-order chi connectivity index (χ1) is 9.96. The van der Waals surface area contributed by atoms with E-state index in [0.29, 0.717) is 0 Å². The molecule has 0 spiro atoms. The monoisotopic (exact) mass is 290 g/mol. The van der Waals surface area contributed by atoms with Crippen LogP contribution in [0.1, 0.15) is 38.8 Å². The van der Waals surface area contributed by atoms with E-state index in [-0.39, 0.29) is 5.54 Å². The summed E-state index contributed by atoms with van der Waals surface area (Å²) in [6.45, 7) is 11.3. The molecule has 118 valence electrons. The minimum atomic E-state index is 0.151. The number of hydrogen-bond donors (Lipinski definition) is 3. The second-order valence-corrected chi connectivity index (χ2v) is 6.15. The van der Waals surface area contributed by atoms with E-state index in [1.54, 1.807) is 7.05 Å². The van der Waals surface area contributed by atoms with E-state index in [1.807, 2.05) is 0 Å². The van der Waals surface area contributed by atoms with Crippen LogP contribution in [0, 0.1) is 0 Å². The molecule has 3 N–H and O–H groups in total. The Labute approximate surface area is 129 Å². The predicted octanol–water partition coefficient (Wildman–Crippen LogP) is 2.30. The molecule has 0 saturated heterocycles. The zero-order valence-electron chi connectivity index (χ0n) is 14.1. The van der Waals surface area contributed by atoms with Gasteiger partial charge in [0, 0.05) is 32.2 Å². The van der Waals surface area contributed by atoms with Gasteiger partial charge in [-0.05, 0) is 38.3 Å². The molecule has 0 radical (unpaired) electrons. The van der Waals surface area contributed by atoms with E-state index >= 15 is 0 Å². The lowest BCUT2D eigenvalue weighted by Crippen LogP contribution is -2.44. The van der Waals surface area contributed by atoms with Crippen molar-refractivity contribution in [2.75, 3.05) is 20.1 Å². The van der Waals surface area contributed by atoms with Crippen LogP contribution in [0.5, 0.6) is 0 Å². The molecule has 0 aliphatic carbocycles. The normalized spacial score (nSPS) is 12.3. The summed E-state index contributed by atoms with van der Waals surface area (Å²) in [4.78, 5) is 4.26. The lowest BCUT2D eigenvalue weighted by molar-refractivity contribution is 0.428. The van der Waals surface area contributed by atoms with E-state index < -0.39 is 0 Å². The Hall–Kier alpha value is -1.55. The van der Waals surface area contributed by atoms with Gasteiger partial charge in [-0.3, -0.25) is 4.99 Å². The Bertz CT molecular complexity index is 446. The van der Waals surface area contributed by atoms with Crippen molar-refractivity contribution in [2.45, 2.75) is 46.2 Å². The summed E-state index contributed by atoms with van der Waals surface area (Å²) in [7, 11) is 1.80. The molecule has 1 aromatic carbocycles. The van der Waals surface area contributed by atoms with Crippen LogP contribution in [0.2, 0.25) is 0 Å². The smallest absolute Gasteiger partial charge is 0.191 e. The number of guanidine groups is 1. The van der Waals surface area contributed by atoms with Crippen molar-refractivity contribution in [1.29, 1.82) is 0 Å². The molecule has 4 heteroatoms. The van der Waals surface area contributed by atoms with Gasteiger partial charge >= 0.3 is 0 Å². The van der Waals surface area contributed by atoms with Crippen LogP contribution in [0.3, 0.4) is 0 Å². The molecule has 4 nitrogen and oxygen atoms in total.